The van der Waals surface area contributed by atoms with E-state index in [2.05, 4.69) is 10.3 Å². The number of carbonyl (C=O) groups is 3. The van der Waals surface area contributed by atoms with Gasteiger partial charge in [-0.15, -0.1) is 0 Å². The minimum Gasteiger partial charge on any atom is -0.327 e. The predicted octanol–water partition coefficient (Wildman–Crippen LogP) is 2.85. The number of fused-ring (bicyclic) bond motifs is 1. The molecule has 1 saturated heterocycles. The molecule has 7 heteroatoms. The quantitative estimate of drug-likeness (QED) is 0.707. The molecule has 136 valence electrons. The second-order valence-corrected chi connectivity index (χ2v) is 7.47. The highest BCUT2D eigenvalue weighted by Gasteiger charge is 2.48. The Labute approximate surface area is 159 Å². The number of benzene rings is 2. The monoisotopic (exact) mass is 379 g/mol. The molecule has 2 heterocycles. The molecular formula is C20H17N3O3S. The van der Waals surface area contributed by atoms with E-state index < -0.39 is 23.8 Å². The number of carbonyl (C=O) groups excluding carboxylic acids is 3. The fourth-order valence-electron chi connectivity index (χ4n) is 3.21. The van der Waals surface area contributed by atoms with Gasteiger partial charge >= 0.3 is 0 Å². The van der Waals surface area contributed by atoms with Crippen molar-refractivity contribution in [3.05, 3.63) is 60.2 Å². The Hall–Kier alpha value is -3.06. The van der Waals surface area contributed by atoms with Crippen LogP contribution in [0.3, 0.4) is 0 Å². The summed E-state index contributed by atoms with van der Waals surface area (Å²) in [5.41, 5.74) is 1.68. The zero-order valence-corrected chi connectivity index (χ0v) is 15.4. The van der Waals surface area contributed by atoms with E-state index in [0.717, 1.165) is 15.8 Å². The molecule has 0 aliphatic carbocycles. The van der Waals surface area contributed by atoms with Gasteiger partial charge in [0.15, 0.2) is 16.8 Å². The van der Waals surface area contributed by atoms with Crippen molar-refractivity contribution >= 4 is 44.3 Å². The number of rotatable bonds is 4. The van der Waals surface area contributed by atoms with Crippen LogP contribution < -0.4 is 5.32 Å². The fourth-order valence-corrected chi connectivity index (χ4v) is 4.08. The maximum absolute atomic E-state index is 12.8. The average molecular weight is 379 g/mol. The standard InChI is InChI=1S/C20H17N3O3S/c1-12-17(24)16(19(26)23(12)11-13-7-3-2-4-8-13)18(25)22-20-21-14-9-5-6-10-15(14)27-20/h2-10,12,16H,11H2,1H3,(H,21,22,25). The lowest BCUT2D eigenvalue weighted by Gasteiger charge is -2.20. The van der Waals surface area contributed by atoms with E-state index in [0.29, 0.717) is 11.7 Å². The van der Waals surface area contributed by atoms with Gasteiger partial charge in [0.2, 0.25) is 11.8 Å². The molecule has 2 unspecified atom stereocenters. The molecule has 2 aromatic carbocycles. The summed E-state index contributed by atoms with van der Waals surface area (Å²) in [6.07, 6.45) is 0. The first-order valence-corrected chi connectivity index (χ1v) is 9.41. The van der Waals surface area contributed by atoms with Gasteiger partial charge in [0.05, 0.1) is 16.3 Å². The summed E-state index contributed by atoms with van der Waals surface area (Å²) >= 11 is 1.31. The van der Waals surface area contributed by atoms with Gasteiger partial charge in [0, 0.05) is 6.54 Å². The molecule has 27 heavy (non-hydrogen) atoms. The predicted molar refractivity (Wildman–Crippen MR) is 103 cm³/mol. The second kappa shape index (κ2) is 6.92. The maximum atomic E-state index is 12.8. The van der Waals surface area contributed by atoms with Crippen molar-refractivity contribution in [1.29, 1.82) is 0 Å². The molecule has 1 N–H and O–H groups in total. The summed E-state index contributed by atoms with van der Waals surface area (Å²) in [5, 5.41) is 3.02. The summed E-state index contributed by atoms with van der Waals surface area (Å²) in [6.45, 7) is 1.96. The lowest BCUT2D eigenvalue weighted by atomic mass is 10.0. The molecule has 1 aliphatic heterocycles. The van der Waals surface area contributed by atoms with Crippen LogP contribution in [-0.2, 0) is 20.9 Å². The van der Waals surface area contributed by atoms with E-state index in [-0.39, 0.29) is 5.78 Å². The topological polar surface area (TPSA) is 79.4 Å². The van der Waals surface area contributed by atoms with E-state index in [1.807, 2.05) is 54.6 Å². The molecule has 0 bridgehead atoms. The van der Waals surface area contributed by atoms with Crippen molar-refractivity contribution in [2.75, 3.05) is 5.32 Å². The molecule has 3 aromatic rings. The number of ketones is 1. The van der Waals surface area contributed by atoms with E-state index in [9.17, 15) is 14.4 Å². The number of Topliss-reactive ketones (excluding diaryl/α,β-unsaturated/α-hetero) is 1. The number of anilines is 1. The summed E-state index contributed by atoms with van der Waals surface area (Å²) in [4.78, 5) is 43.8. The Morgan fingerprint density at radius 2 is 1.81 bits per heavy atom. The Morgan fingerprint density at radius 1 is 1.11 bits per heavy atom. The smallest absolute Gasteiger partial charge is 0.246 e. The Bertz CT molecular complexity index is 998. The molecule has 2 atom stereocenters. The molecule has 0 radical (unpaired) electrons. The summed E-state index contributed by atoms with van der Waals surface area (Å²) < 4.78 is 0.927. The van der Waals surface area contributed by atoms with E-state index in [4.69, 9.17) is 0 Å². The third-order valence-corrected chi connectivity index (χ3v) is 5.63. The van der Waals surface area contributed by atoms with Crippen molar-refractivity contribution in [2.45, 2.75) is 19.5 Å². The molecule has 1 fully saturated rings. The van der Waals surface area contributed by atoms with Crippen LogP contribution >= 0.6 is 11.3 Å². The van der Waals surface area contributed by atoms with Crippen LogP contribution in [0.5, 0.6) is 0 Å². The summed E-state index contributed by atoms with van der Waals surface area (Å²) in [5.74, 6) is -2.79. The number of hydrogen-bond donors (Lipinski definition) is 1. The number of aromatic nitrogens is 1. The highest BCUT2D eigenvalue weighted by molar-refractivity contribution is 7.22. The zero-order valence-electron chi connectivity index (χ0n) is 14.6. The van der Waals surface area contributed by atoms with Crippen molar-refractivity contribution < 1.29 is 14.4 Å². The molecule has 1 aliphatic rings. The zero-order chi connectivity index (χ0) is 19.0. The Kier molecular flexibility index (Phi) is 4.45. The van der Waals surface area contributed by atoms with Crippen molar-refractivity contribution in [3.63, 3.8) is 0 Å². The molecule has 0 spiro atoms. The van der Waals surface area contributed by atoms with Crippen LogP contribution in [0, 0.1) is 5.92 Å². The minimum absolute atomic E-state index is 0.303. The van der Waals surface area contributed by atoms with Crippen molar-refractivity contribution in [2.24, 2.45) is 5.92 Å². The summed E-state index contributed by atoms with van der Waals surface area (Å²) in [6, 6.07) is 16.3. The third-order valence-electron chi connectivity index (χ3n) is 4.68. The van der Waals surface area contributed by atoms with Crippen LogP contribution in [0.4, 0.5) is 5.13 Å². The molecule has 1 aromatic heterocycles. The van der Waals surface area contributed by atoms with Gasteiger partial charge in [-0.1, -0.05) is 53.8 Å². The molecule has 6 nitrogen and oxygen atoms in total. The number of likely N-dealkylation sites (tertiary alicyclic amines) is 1. The average Bonchev–Trinajstić information content (AvgIpc) is 3.16. The van der Waals surface area contributed by atoms with Gasteiger partial charge in [0.25, 0.3) is 0 Å². The number of thiazole rings is 1. The van der Waals surface area contributed by atoms with E-state index in [1.165, 1.54) is 16.2 Å². The number of amides is 2. The highest BCUT2D eigenvalue weighted by atomic mass is 32.1. The lowest BCUT2D eigenvalue weighted by molar-refractivity contribution is -0.138. The number of nitrogens with one attached hydrogen (secondary N) is 1. The van der Waals surface area contributed by atoms with Gasteiger partial charge in [-0.2, -0.15) is 0 Å². The molecule has 0 saturated carbocycles. The highest BCUT2D eigenvalue weighted by Crippen LogP contribution is 2.28. The Balaban J connectivity index is 1.52. The van der Waals surface area contributed by atoms with Crippen LogP contribution in [0.15, 0.2) is 54.6 Å². The third kappa shape index (κ3) is 3.21. The first-order chi connectivity index (χ1) is 13.0. The van der Waals surface area contributed by atoms with Gasteiger partial charge in [-0.05, 0) is 24.6 Å². The summed E-state index contributed by atoms with van der Waals surface area (Å²) in [7, 11) is 0. The van der Waals surface area contributed by atoms with Gasteiger partial charge in [-0.25, -0.2) is 4.98 Å². The van der Waals surface area contributed by atoms with E-state index in [1.54, 1.807) is 6.92 Å². The van der Waals surface area contributed by atoms with Crippen LogP contribution in [0.2, 0.25) is 0 Å². The molecule has 4 rings (SSSR count). The largest absolute Gasteiger partial charge is 0.327 e. The second-order valence-electron chi connectivity index (χ2n) is 6.44. The Morgan fingerprint density at radius 3 is 2.56 bits per heavy atom. The normalized spacial score (nSPS) is 19.7. The van der Waals surface area contributed by atoms with Gasteiger partial charge < -0.3 is 10.2 Å². The van der Waals surface area contributed by atoms with E-state index >= 15 is 0 Å². The number of para-hydroxylation sites is 1. The maximum Gasteiger partial charge on any atom is 0.246 e. The van der Waals surface area contributed by atoms with Crippen molar-refractivity contribution in [3.8, 4) is 0 Å². The van der Waals surface area contributed by atoms with Gasteiger partial charge in [-0.3, -0.25) is 14.4 Å². The van der Waals surface area contributed by atoms with Crippen LogP contribution in [-0.4, -0.2) is 33.5 Å². The fraction of sp³-hybridized carbons (Fsp3) is 0.200. The first kappa shape index (κ1) is 17.4. The minimum atomic E-state index is -1.32. The van der Waals surface area contributed by atoms with Crippen LogP contribution in [0.1, 0.15) is 12.5 Å². The lowest BCUT2D eigenvalue weighted by Crippen LogP contribution is -2.34. The molecule has 2 amide bonds. The first-order valence-electron chi connectivity index (χ1n) is 8.59. The number of hydrogen-bond acceptors (Lipinski definition) is 5. The van der Waals surface area contributed by atoms with Gasteiger partial charge in [0.1, 0.15) is 0 Å². The number of nitrogens with zero attached hydrogens (tertiary/aromatic N) is 2. The van der Waals surface area contributed by atoms with Crippen molar-refractivity contribution in [1.82, 2.24) is 9.88 Å². The molecular weight excluding hydrogens is 362 g/mol. The van der Waals surface area contributed by atoms with Crippen LogP contribution in [0.25, 0.3) is 10.2 Å². The SMILES string of the molecule is CC1C(=O)C(C(=O)Nc2nc3ccccc3s2)C(=O)N1Cc1ccccc1.